The summed E-state index contributed by atoms with van der Waals surface area (Å²) in [5, 5.41) is 0. The number of rotatable bonds is 9. The van der Waals surface area contributed by atoms with Crippen molar-refractivity contribution in [2.24, 2.45) is 0 Å². The molecule has 0 unspecified atom stereocenters. The van der Waals surface area contributed by atoms with E-state index in [2.05, 4.69) is 15.0 Å². The van der Waals surface area contributed by atoms with Gasteiger partial charge in [0, 0.05) is 17.5 Å². The van der Waals surface area contributed by atoms with Crippen molar-refractivity contribution in [3.63, 3.8) is 0 Å². The Morgan fingerprint density at radius 1 is 0.680 bits per heavy atom. The number of amides is 2. The van der Waals surface area contributed by atoms with Crippen LogP contribution >= 0.6 is 0 Å². The third-order valence-corrected chi connectivity index (χ3v) is 8.10. The van der Waals surface area contributed by atoms with Crippen molar-refractivity contribution in [1.29, 1.82) is 0 Å². The summed E-state index contributed by atoms with van der Waals surface area (Å²) >= 11 is 0. The van der Waals surface area contributed by atoms with Crippen LogP contribution in [0.25, 0.3) is 11.2 Å². The van der Waals surface area contributed by atoms with E-state index in [0.29, 0.717) is 11.1 Å². The predicted molar refractivity (Wildman–Crippen MR) is 180 cm³/mol. The van der Waals surface area contributed by atoms with E-state index >= 15 is 0 Å². The number of benzene rings is 4. The maximum Gasteiger partial charge on any atom is 0.338 e. The number of fused-ring (bicyclic) bond motifs is 1. The monoisotopic (exact) mass is 667 g/mol. The number of ether oxygens (including phenoxy) is 3. The summed E-state index contributed by atoms with van der Waals surface area (Å²) in [5.41, 5.74) is 1.62. The molecule has 0 N–H and O–H groups in total. The largest absolute Gasteiger partial charge is 0.459 e. The normalized spacial score (nSPS) is 16.8. The van der Waals surface area contributed by atoms with Gasteiger partial charge in [0.05, 0.1) is 23.6 Å². The average Bonchev–Trinajstić information content (AvgIpc) is 3.79. The van der Waals surface area contributed by atoms with Gasteiger partial charge in [-0.25, -0.2) is 29.4 Å². The lowest BCUT2D eigenvalue weighted by molar-refractivity contribution is -0.0594. The lowest BCUT2D eigenvalue weighted by atomic mass is 10.1. The number of nitrogens with zero attached hydrogens (tertiary/aromatic N) is 5. The van der Waals surface area contributed by atoms with Crippen LogP contribution < -0.4 is 4.90 Å². The minimum Gasteiger partial charge on any atom is -0.459 e. The van der Waals surface area contributed by atoms with Crippen LogP contribution in [0.1, 0.15) is 54.1 Å². The van der Waals surface area contributed by atoms with Crippen molar-refractivity contribution in [3.8, 4) is 0 Å². The molecule has 50 heavy (non-hydrogen) atoms. The van der Waals surface area contributed by atoms with Crippen LogP contribution in [0.4, 0.5) is 5.82 Å². The second kappa shape index (κ2) is 14.3. The van der Waals surface area contributed by atoms with E-state index in [1.54, 1.807) is 126 Å². The molecular formula is C38H29N5O7. The Morgan fingerprint density at radius 2 is 1.20 bits per heavy atom. The topological polar surface area (TPSA) is 143 Å². The maximum absolute atomic E-state index is 13.9. The van der Waals surface area contributed by atoms with E-state index in [-0.39, 0.29) is 41.1 Å². The van der Waals surface area contributed by atoms with Gasteiger partial charge in [0.25, 0.3) is 11.8 Å². The van der Waals surface area contributed by atoms with Gasteiger partial charge in [0.2, 0.25) is 0 Å². The molecule has 3 heterocycles. The standard InChI is InChI=1S/C38H29N5O7/c44-34(25-13-5-1-6-14-25)43(35(45)26-15-7-2-8-16-26)33-31-32(39-23-40-33)42(24-41-31)36-30(50-38(47)28-19-11-4-12-20-28)21-29(49-36)22-48-37(46)27-17-9-3-10-18-27/h1-20,23-24,29-30,36H,21-22H2/t29-,30-,36+/m0/s1. The fraction of sp³-hybridized carbons (Fsp3) is 0.132. The van der Waals surface area contributed by atoms with E-state index < -0.39 is 42.2 Å². The summed E-state index contributed by atoms with van der Waals surface area (Å²) in [6, 6.07) is 33.8. The molecule has 0 bridgehead atoms. The number of imide groups is 1. The molecule has 4 aromatic carbocycles. The van der Waals surface area contributed by atoms with Crippen molar-refractivity contribution < 1.29 is 33.4 Å². The van der Waals surface area contributed by atoms with E-state index in [1.807, 2.05) is 0 Å². The molecule has 1 fully saturated rings. The molecule has 248 valence electrons. The number of anilines is 1. The smallest absolute Gasteiger partial charge is 0.338 e. The molecule has 0 saturated carbocycles. The molecule has 2 aromatic heterocycles. The van der Waals surface area contributed by atoms with Crippen molar-refractivity contribution in [3.05, 3.63) is 156 Å². The molecule has 0 aliphatic carbocycles. The lowest BCUT2D eigenvalue weighted by Crippen LogP contribution is -2.38. The van der Waals surface area contributed by atoms with Gasteiger partial charge in [-0.15, -0.1) is 0 Å². The highest BCUT2D eigenvalue weighted by atomic mass is 16.6. The summed E-state index contributed by atoms with van der Waals surface area (Å²) in [6.45, 7) is -0.110. The minimum atomic E-state index is -0.959. The lowest BCUT2D eigenvalue weighted by Gasteiger charge is -2.22. The van der Waals surface area contributed by atoms with Gasteiger partial charge in [-0.05, 0) is 48.5 Å². The van der Waals surface area contributed by atoms with Crippen LogP contribution in [-0.4, -0.2) is 62.1 Å². The predicted octanol–water partition coefficient (Wildman–Crippen LogP) is 5.68. The Morgan fingerprint density at radius 3 is 1.76 bits per heavy atom. The molecule has 2 amide bonds. The van der Waals surface area contributed by atoms with Gasteiger partial charge in [-0.2, -0.15) is 0 Å². The highest BCUT2D eigenvalue weighted by Crippen LogP contribution is 2.35. The molecule has 1 aliphatic heterocycles. The summed E-state index contributed by atoms with van der Waals surface area (Å²) in [5.74, 6) is -2.35. The molecule has 6 aromatic rings. The van der Waals surface area contributed by atoms with Crippen molar-refractivity contribution in [2.45, 2.75) is 24.9 Å². The molecule has 7 rings (SSSR count). The quantitative estimate of drug-likeness (QED) is 0.140. The van der Waals surface area contributed by atoms with Gasteiger partial charge < -0.3 is 14.2 Å². The number of carbonyl (C=O) groups is 4. The Labute approximate surface area is 285 Å². The summed E-state index contributed by atoms with van der Waals surface area (Å²) in [6.07, 6.45) is 0.363. The number of carbonyl (C=O) groups excluding carboxylic acids is 4. The van der Waals surface area contributed by atoms with Crippen LogP contribution in [-0.2, 0) is 14.2 Å². The molecule has 1 aliphatic rings. The number of esters is 2. The summed E-state index contributed by atoms with van der Waals surface area (Å²) in [7, 11) is 0. The van der Waals surface area contributed by atoms with Gasteiger partial charge in [0.15, 0.2) is 23.2 Å². The Kier molecular flexibility index (Phi) is 9.16. The maximum atomic E-state index is 13.9. The van der Waals surface area contributed by atoms with E-state index in [4.69, 9.17) is 14.2 Å². The molecule has 3 atom stereocenters. The summed E-state index contributed by atoms with van der Waals surface area (Å²) < 4.78 is 19.4. The summed E-state index contributed by atoms with van der Waals surface area (Å²) in [4.78, 5) is 68.1. The second-order valence-electron chi connectivity index (χ2n) is 11.4. The van der Waals surface area contributed by atoms with Crippen molar-refractivity contribution in [1.82, 2.24) is 19.5 Å². The fourth-order valence-electron chi connectivity index (χ4n) is 5.67. The van der Waals surface area contributed by atoms with E-state index in [9.17, 15) is 19.2 Å². The Balaban J connectivity index is 1.23. The van der Waals surface area contributed by atoms with Gasteiger partial charge in [-0.3, -0.25) is 14.2 Å². The Hall–Kier alpha value is -6.53. The highest BCUT2D eigenvalue weighted by Gasteiger charge is 2.41. The third kappa shape index (κ3) is 6.60. The van der Waals surface area contributed by atoms with Crippen LogP contribution in [0.3, 0.4) is 0 Å². The molecule has 0 radical (unpaired) electrons. The molecule has 1 saturated heterocycles. The SMILES string of the molecule is O=C(OC[C@@H]1C[C@H](OC(=O)c2ccccc2)[C@H](n2cnc3c(N(C(=O)c4ccccc4)C(=O)c4ccccc4)ncnc32)O1)c1ccccc1. The fourth-order valence-corrected chi connectivity index (χ4v) is 5.67. The first kappa shape index (κ1) is 32.0. The molecule has 12 heteroatoms. The average molecular weight is 668 g/mol. The number of hydrogen-bond donors (Lipinski definition) is 0. The van der Waals surface area contributed by atoms with Crippen molar-refractivity contribution in [2.75, 3.05) is 11.5 Å². The van der Waals surface area contributed by atoms with Crippen molar-refractivity contribution >= 4 is 40.7 Å². The zero-order valence-electron chi connectivity index (χ0n) is 26.4. The van der Waals surface area contributed by atoms with Crippen LogP contribution in [0.2, 0.25) is 0 Å². The van der Waals surface area contributed by atoms with Gasteiger partial charge >= 0.3 is 11.9 Å². The van der Waals surface area contributed by atoms with Crippen LogP contribution in [0, 0.1) is 0 Å². The zero-order chi connectivity index (χ0) is 34.5. The van der Waals surface area contributed by atoms with Gasteiger partial charge in [0.1, 0.15) is 19.0 Å². The van der Waals surface area contributed by atoms with Crippen LogP contribution in [0.15, 0.2) is 134 Å². The van der Waals surface area contributed by atoms with E-state index in [1.165, 1.54) is 12.7 Å². The number of hydrogen-bond acceptors (Lipinski definition) is 10. The molecular weight excluding hydrogens is 638 g/mol. The first-order valence-electron chi connectivity index (χ1n) is 15.8. The third-order valence-electron chi connectivity index (χ3n) is 8.10. The first-order valence-corrected chi connectivity index (χ1v) is 15.8. The minimum absolute atomic E-state index is 0.0411. The van der Waals surface area contributed by atoms with E-state index in [0.717, 1.165) is 4.90 Å². The number of aromatic nitrogens is 4. The highest BCUT2D eigenvalue weighted by molar-refractivity contribution is 6.27. The zero-order valence-corrected chi connectivity index (χ0v) is 26.4. The second-order valence-corrected chi connectivity index (χ2v) is 11.4. The van der Waals surface area contributed by atoms with Crippen LogP contribution in [0.5, 0.6) is 0 Å². The Bertz CT molecular complexity index is 2090. The molecule has 12 nitrogen and oxygen atoms in total. The first-order chi connectivity index (χ1) is 24.5. The molecule has 0 spiro atoms. The number of imidazole rings is 1. The van der Waals surface area contributed by atoms with Gasteiger partial charge in [-0.1, -0.05) is 72.8 Å².